The molecular formula is C11H11ClO. The predicted molar refractivity (Wildman–Crippen MR) is 53.2 cm³/mol. The molecule has 0 saturated heterocycles. The minimum atomic E-state index is 0.255. The highest BCUT2D eigenvalue weighted by molar-refractivity contribution is 6.31. The highest BCUT2D eigenvalue weighted by atomic mass is 35.5. The summed E-state index contributed by atoms with van der Waals surface area (Å²) in [6.45, 7) is 1.95. The number of carbonyl (C=O) groups is 1. The van der Waals surface area contributed by atoms with Crippen molar-refractivity contribution in [3.63, 3.8) is 0 Å². The van der Waals surface area contributed by atoms with E-state index < -0.39 is 0 Å². The van der Waals surface area contributed by atoms with E-state index >= 15 is 0 Å². The normalized spacial score (nSPS) is 15.8. The van der Waals surface area contributed by atoms with Crippen molar-refractivity contribution in [2.45, 2.75) is 19.8 Å². The summed E-state index contributed by atoms with van der Waals surface area (Å²) in [6.07, 6.45) is 2.09. The third kappa shape index (κ3) is 1.92. The molecule has 13 heavy (non-hydrogen) atoms. The molecule has 0 radical (unpaired) electrons. The maximum atomic E-state index is 11.7. The van der Waals surface area contributed by atoms with Gasteiger partial charge in [0.2, 0.25) is 0 Å². The summed E-state index contributed by atoms with van der Waals surface area (Å²) in [5.41, 5.74) is 1.82. The monoisotopic (exact) mass is 194 g/mol. The molecule has 1 nitrogen and oxygen atoms in total. The van der Waals surface area contributed by atoms with E-state index in [0.717, 1.165) is 24.0 Å². The van der Waals surface area contributed by atoms with Crippen LogP contribution in [0.3, 0.4) is 0 Å². The lowest BCUT2D eigenvalue weighted by Crippen LogP contribution is -2.01. The molecular weight excluding hydrogens is 184 g/mol. The molecule has 0 unspecified atom stereocenters. The van der Waals surface area contributed by atoms with Crippen LogP contribution < -0.4 is 0 Å². The van der Waals surface area contributed by atoms with Gasteiger partial charge < -0.3 is 0 Å². The fourth-order valence-corrected chi connectivity index (χ4v) is 1.75. The minimum Gasteiger partial charge on any atom is -0.294 e. The first-order valence-electron chi connectivity index (χ1n) is 4.48. The summed E-state index contributed by atoms with van der Waals surface area (Å²) in [4.78, 5) is 11.7. The molecule has 0 aromatic heterocycles. The fourth-order valence-electron chi connectivity index (χ4n) is 1.46. The van der Waals surface area contributed by atoms with Crippen molar-refractivity contribution in [1.82, 2.24) is 0 Å². The van der Waals surface area contributed by atoms with E-state index in [1.807, 2.05) is 19.1 Å². The number of Topliss-reactive ketones (excluding diaryl/α,β-unsaturated/α-hetero) is 1. The van der Waals surface area contributed by atoms with Crippen LogP contribution in [0.5, 0.6) is 0 Å². The zero-order valence-electron chi connectivity index (χ0n) is 7.51. The number of hydrogen-bond donors (Lipinski definition) is 0. The standard InChI is InChI=1S/C11H11ClO/c1-7-4-9(6-10(12)5-7)11(13)8-2-3-8/h4-6,8H,2-3H2,1H3. The second kappa shape index (κ2) is 3.15. The largest absolute Gasteiger partial charge is 0.294 e. The molecule has 2 heteroatoms. The topological polar surface area (TPSA) is 17.1 Å². The molecule has 1 saturated carbocycles. The zero-order chi connectivity index (χ0) is 9.42. The summed E-state index contributed by atoms with van der Waals surface area (Å²) < 4.78 is 0. The SMILES string of the molecule is Cc1cc(Cl)cc(C(=O)C2CC2)c1. The zero-order valence-corrected chi connectivity index (χ0v) is 8.27. The van der Waals surface area contributed by atoms with Crippen LogP contribution in [0.1, 0.15) is 28.8 Å². The van der Waals surface area contributed by atoms with E-state index in [1.165, 1.54) is 0 Å². The van der Waals surface area contributed by atoms with Crippen LogP contribution in [0.2, 0.25) is 5.02 Å². The van der Waals surface area contributed by atoms with Gasteiger partial charge >= 0.3 is 0 Å². The molecule has 0 N–H and O–H groups in total. The van der Waals surface area contributed by atoms with E-state index in [4.69, 9.17) is 11.6 Å². The molecule has 0 spiro atoms. The Morgan fingerprint density at radius 1 is 1.38 bits per heavy atom. The highest BCUT2D eigenvalue weighted by Gasteiger charge is 2.30. The van der Waals surface area contributed by atoms with Gasteiger partial charge in [-0.15, -0.1) is 0 Å². The van der Waals surface area contributed by atoms with Gasteiger partial charge in [-0.2, -0.15) is 0 Å². The van der Waals surface area contributed by atoms with Gasteiger partial charge in [-0.25, -0.2) is 0 Å². The van der Waals surface area contributed by atoms with Gasteiger partial charge in [0.1, 0.15) is 0 Å². The summed E-state index contributed by atoms with van der Waals surface area (Å²) in [5, 5.41) is 0.656. The molecule has 1 aliphatic rings. The lowest BCUT2D eigenvalue weighted by atomic mass is 10.1. The Morgan fingerprint density at radius 2 is 2.08 bits per heavy atom. The summed E-state index contributed by atoms with van der Waals surface area (Å²) in [5.74, 6) is 0.531. The van der Waals surface area contributed by atoms with E-state index in [2.05, 4.69) is 0 Å². The molecule has 2 rings (SSSR count). The maximum Gasteiger partial charge on any atom is 0.166 e. The smallest absolute Gasteiger partial charge is 0.166 e. The summed E-state index contributed by atoms with van der Waals surface area (Å²) in [6, 6.07) is 5.53. The number of rotatable bonds is 2. The van der Waals surface area contributed by atoms with E-state index in [-0.39, 0.29) is 11.7 Å². The van der Waals surface area contributed by atoms with E-state index in [9.17, 15) is 4.79 Å². The van der Waals surface area contributed by atoms with Crippen molar-refractivity contribution in [3.8, 4) is 0 Å². The Balaban J connectivity index is 2.33. The molecule has 0 heterocycles. The number of hydrogen-bond acceptors (Lipinski definition) is 1. The molecule has 0 bridgehead atoms. The van der Waals surface area contributed by atoms with Crippen LogP contribution in [0.15, 0.2) is 18.2 Å². The van der Waals surface area contributed by atoms with Crippen molar-refractivity contribution in [2.75, 3.05) is 0 Å². The quantitative estimate of drug-likeness (QED) is 0.661. The average molecular weight is 195 g/mol. The van der Waals surface area contributed by atoms with Crippen molar-refractivity contribution in [1.29, 1.82) is 0 Å². The maximum absolute atomic E-state index is 11.7. The van der Waals surface area contributed by atoms with Gasteiger partial charge in [-0.05, 0) is 43.5 Å². The van der Waals surface area contributed by atoms with Crippen LogP contribution in [-0.2, 0) is 0 Å². The number of ketones is 1. The van der Waals surface area contributed by atoms with Gasteiger partial charge in [0.05, 0.1) is 0 Å². The Bertz CT molecular complexity index is 333. The van der Waals surface area contributed by atoms with Crippen LogP contribution in [0, 0.1) is 12.8 Å². The first kappa shape index (κ1) is 8.76. The second-order valence-electron chi connectivity index (χ2n) is 3.66. The number of benzene rings is 1. The van der Waals surface area contributed by atoms with Crippen LogP contribution in [0.4, 0.5) is 0 Å². The minimum absolute atomic E-state index is 0.255. The lowest BCUT2D eigenvalue weighted by Gasteiger charge is -2.01. The molecule has 1 aliphatic carbocycles. The Kier molecular flexibility index (Phi) is 2.12. The lowest BCUT2D eigenvalue weighted by molar-refractivity contribution is 0.0967. The van der Waals surface area contributed by atoms with Crippen molar-refractivity contribution >= 4 is 17.4 Å². The van der Waals surface area contributed by atoms with Gasteiger partial charge in [0.25, 0.3) is 0 Å². The highest BCUT2D eigenvalue weighted by Crippen LogP contribution is 2.33. The predicted octanol–water partition coefficient (Wildman–Crippen LogP) is 3.24. The molecule has 68 valence electrons. The van der Waals surface area contributed by atoms with Gasteiger partial charge in [0, 0.05) is 16.5 Å². The van der Waals surface area contributed by atoms with E-state index in [1.54, 1.807) is 6.07 Å². The first-order valence-corrected chi connectivity index (χ1v) is 4.86. The first-order chi connectivity index (χ1) is 6.16. The Labute approximate surface area is 82.7 Å². The molecule has 1 aromatic carbocycles. The number of aryl methyl sites for hydroxylation is 1. The molecule has 0 amide bonds. The molecule has 1 aromatic rings. The summed E-state index contributed by atoms with van der Waals surface area (Å²) in [7, 11) is 0. The van der Waals surface area contributed by atoms with Crippen molar-refractivity contribution in [2.24, 2.45) is 5.92 Å². The average Bonchev–Trinajstić information content (AvgIpc) is 2.83. The van der Waals surface area contributed by atoms with Crippen molar-refractivity contribution in [3.05, 3.63) is 34.3 Å². The number of halogens is 1. The third-order valence-electron chi connectivity index (χ3n) is 2.27. The molecule has 0 aliphatic heterocycles. The van der Waals surface area contributed by atoms with Crippen LogP contribution in [-0.4, -0.2) is 5.78 Å². The second-order valence-corrected chi connectivity index (χ2v) is 4.09. The Hall–Kier alpha value is -0.820. The fraction of sp³-hybridized carbons (Fsp3) is 0.364. The Morgan fingerprint density at radius 3 is 2.62 bits per heavy atom. The van der Waals surface area contributed by atoms with Gasteiger partial charge in [-0.1, -0.05) is 11.6 Å². The summed E-state index contributed by atoms with van der Waals surface area (Å²) >= 11 is 5.87. The third-order valence-corrected chi connectivity index (χ3v) is 2.49. The van der Waals surface area contributed by atoms with E-state index in [0.29, 0.717) is 5.02 Å². The number of carbonyl (C=O) groups excluding carboxylic acids is 1. The van der Waals surface area contributed by atoms with Crippen molar-refractivity contribution < 1.29 is 4.79 Å². The van der Waals surface area contributed by atoms with Gasteiger partial charge in [-0.3, -0.25) is 4.79 Å². The van der Waals surface area contributed by atoms with Crippen LogP contribution in [0.25, 0.3) is 0 Å². The van der Waals surface area contributed by atoms with Crippen LogP contribution >= 0.6 is 11.6 Å². The molecule has 1 fully saturated rings. The van der Waals surface area contributed by atoms with Gasteiger partial charge in [0.15, 0.2) is 5.78 Å². The molecule has 0 atom stereocenters.